The Morgan fingerprint density at radius 3 is 3.08 bits per heavy atom. The lowest BCUT2D eigenvalue weighted by Gasteiger charge is -1.98. The van der Waals surface area contributed by atoms with E-state index in [4.69, 9.17) is 17.3 Å². The molecule has 4 nitrogen and oxygen atoms in total. The van der Waals surface area contributed by atoms with Crippen LogP contribution in [0.3, 0.4) is 0 Å². The zero-order valence-corrected chi connectivity index (χ0v) is 7.70. The van der Waals surface area contributed by atoms with E-state index in [0.717, 1.165) is 12.0 Å². The quantitative estimate of drug-likeness (QED) is 0.776. The molecule has 5 heteroatoms. The maximum Gasteiger partial charge on any atom is 0.173 e. The first kappa shape index (κ1) is 8.47. The summed E-state index contributed by atoms with van der Waals surface area (Å²) < 4.78 is 1.66. The van der Waals surface area contributed by atoms with Crippen LogP contribution in [0.4, 0.5) is 0 Å². The summed E-state index contributed by atoms with van der Waals surface area (Å²) in [5, 5.41) is 4.61. The third-order valence-corrected chi connectivity index (χ3v) is 2.07. The van der Waals surface area contributed by atoms with Crippen molar-refractivity contribution in [3.05, 3.63) is 29.2 Å². The van der Waals surface area contributed by atoms with E-state index in [9.17, 15) is 0 Å². The minimum absolute atomic E-state index is 0.569. The highest BCUT2D eigenvalue weighted by Crippen LogP contribution is 2.13. The van der Waals surface area contributed by atoms with Gasteiger partial charge in [0.25, 0.3) is 0 Å². The van der Waals surface area contributed by atoms with E-state index in [0.29, 0.717) is 17.2 Å². The summed E-state index contributed by atoms with van der Waals surface area (Å²) in [4.78, 5) is 4.17. The Labute approximate surface area is 80.3 Å². The largest absolute Gasteiger partial charge is 0.330 e. The molecule has 68 valence electrons. The maximum absolute atomic E-state index is 5.83. The minimum Gasteiger partial charge on any atom is -0.330 e. The molecule has 0 atom stereocenters. The summed E-state index contributed by atoms with van der Waals surface area (Å²) in [7, 11) is 0. The molecule has 0 aliphatic carbocycles. The molecular weight excluding hydrogens is 188 g/mol. The lowest BCUT2D eigenvalue weighted by molar-refractivity contribution is 0.885. The molecule has 0 bridgehead atoms. The molecule has 0 radical (unpaired) electrons. The molecule has 2 N–H and O–H groups in total. The van der Waals surface area contributed by atoms with E-state index in [-0.39, 0.29) is 0 Å². The summed E-state index contributed by atoms with van der Waals surface area (Å²) >= 11 is 5.83. The number of hydrogen-bond donors (Lipinski definition) is 1. The summed E-state index contributed by atoms with van der Waals surface area (Å²) in [6.07, 6.45) is 6.05. The van der Waals surface area contributed by atoms with Crippen LogP contribution in [0.25, 0.3) is 5.65 Å². The van der Waals surface area contributed by atoms with Gasteiger partial charge in [-0.2, -0.15) is 5.10 Å². The zero-order chi connectivity index (χ0) is 9.26. The van der Waals surface area contributed by atoms with Crippen molar-refractivity contribution < 1.29 is 0 Å². The number of hydrogen-bond acceptors (Lipinski definition) is 3. The molecule has 2 aromatic heterocycles. The molecule has 0 saturated heterocycles. The molecule has 0 spiro atoms. The van der Waals surface area contributed by atoms with E-state index in [1.807, 2.05) is 6.20 Å². The smallest absolute Gasteiger partial charge is 0.173 e. The summed E-state index contributed by atoms with van der Waals surface area (Å²) in [6, 6.07) is 0. The van der Waals surface area contributed by atoms with Crippen LogP contribution in [0.5, 0.6) is 0 Å². The topological polar surface area (TPSA) is 56.2 Å². The predicted molar refractivity (Wildman–Crippen MR) is 50.8 cm³/mol. The van der Waals surface area contributed by atoms with Crippen molar-refractivity contribution in [3.8, 4) is 0 Å². The molecule has 0 saturated carbocycles. The lowest BCUT2D eigenvalue weighted by atomic mass is 10.2. The molecule has 0 aromatic carbocycles. The Morgan fingerprint density at radius 1 is 1.46 bits per heavy atom. The number of halogens is 1. The van der Waals surface area contributed by atoms with Gasteiger partial charge in [-0.1, -0.05) is 11.6 Å². The van der Waals surface area contributed by atoms with Gasteiger partial charge in [-0.25, -0.2) is 9.50 Å². The van der Waals surface area contributed by atoms with Crippen LogP contribution >= 0.6 is 11.6 Å². The normalized spacial score (nSPS) is 10.9. The van der Waals surface area contributed by atoms with Gasteiger partial charge in [-0.3, -0.25) is 0 Å². The molecule has 0 aliphatic heterocycles. The van der Waals surface area contributed by atoms with Crippen LogP contribution < -0.4 is 5.73 Å². The first-order chi connectivity index (χ1) is 6.31. The van der Waals surface area contributed by atoms with E-state index in [1.54, 1.807) is 16.9 Å². The van der Waals surface area contributed by atoms with E-state index in [1.165, 1.54) is 0 Å². The summed E-state index contributed by atoms with van der Waals surface area (Å²) in [6.45, 7) is 0.613. The molecule has 2 rings (SSSR count). The number of fused-ring (bicyclic) bond motifs is 1. The van der Waals surface area contributed by atoms with Crippen molar-refractivity contribution in [1.29, 1.82) is 0 Å². The highest BCUT2D eigenvalue weighted by molar-refractivity contribution is 6.33. The molecule has 0 fully saturated rings. The third-order valence-electron chi connectivity index (χ3n) is 1.80. The summed E-state index contributed by atoms with van der Waals surface area (Å²) in [5.41, 5.74) is 7.17. The van der Waals surface area contributed by atoms with Gasteiger partial charge in [0, 0.05) is 12.4 Å². The van der Waals surface area contributed by atoms with Crippen molar-refractivity contribution in [3.63, 3.8) is 0 Å². The fourth-order valence-corrected chi connectivity index (χ4v) is 1.36. The van der Waals surface area contributed by atoms with Crippen LogP contribution in [-0.4, -0.2) is 21.1 Å². The second-order valence-electron chi connectivity index (χ2n) is 2.76. The van der Waals surface area contributed by atoms with E-state index in [2.05, 4.69) is 10.1 Å². The van der Waals surface area contributed by atoms with Crippen LogP contribution in [0, 0.1) is 0 Å². The van der Waals surface area contributed by atoms with Gasteiger partial charge in [0.2, 0.25) is 0 Å². The molecule has 13 heavy (non-hydrogen) atoms. The SMILES string of the molecule is NCCc1cnc2c(Cl)cnn2c1. The standard InChI is InChI=1S/C8H9ClN4/c9-7-4-12-13-5-6(1-2-10)3-11-8(7)13/h3-5H,1-2,10H2. The average Bonchev–Trinajstić information content (AvgIpc) is 2.48. The van der Waals surface area contributed by atoms with Crippen molar-refractivity contribution in [2.24, 2.45) is 5.73 Å². The van der Waals surface area contributed by atoms with Crippen molar-refractivity contribution in [2.45, 2.75) is 6.42 Å². The Hall–Kier alpha value is -1.13. The van der Waals surface area contributed by atoms with E-state index >= 15 is 0 Å². The Kier molecular flexibility index (Phi) is 2.16. The van der Waals surface area contributed by atoms with Crippen LogP contribution in [0.2, 0.25) is 5.02 Å². The highest BCUT2D eigenvalue weighted by atomic mass is 35.5. The number of nitrogens with zero attached hydrogens (tertiary/aromatic N) is 3. The number of rotatable bonds is 2. The van der Waals surface area contributed by atoms with Gasteiger partial charge in [-0.15, -0.1) is 0 Å². The fourth-order valence-electron chi connectivity index (χ4n) is 1.18. The zero-order valence-electron chi connectivity index (χ0n) is 6.94. The molecular formula is C8H9ClN4. The second kappa shape index (κ2) is 3.32. The Balaban J connectivity index is 2.50. The second-order valence-corrected chi connectivity index (χ2v) is 3.17. The third kappa shape index (κ3) is 1.50. The van der Waals surface area contributed by atoms with Gasteiger partial charge in [0.05, 0.1) is 6.20 Å². The average molecular weight is 197 g/mol. The predicted octanol–water partition coefficient (Wildman–Crippen LogP) is 0.884. The van der Waals surface area contributed by atoms with Gasteiger partial charge in [0.1, 0.15) is 5.02 Å². The maximum atomic E-state index is 5.83. The van der Waals surface area contributed by atoms with Crippen LogP contribution in [0.15, 0.2) is 18.6 Å². The molecule has 0 aliphatic rings. The van der Waals surface area contributed by atoms with Crippen LogP contribution in [-0.2, 0) is 6.42 Å². The van der Waals surface area contributed by atoms with Crippen molar-refractivity contribution >= 4 is 17.2 Å². The van der Waals surface area contributed by atoms with Crippen LogP contribution in [0.1, 0.15) is 5.56 Å². The monoisotopic (exact) mass is 196 g/mol. The first-order valence-corrected chi connectivity index (χ1v) is 4.37. The number of aromatic nitrogens is 3. The fraction of sp³-hybridized carbons (Fsp3) is 0.250. The molecule has 0 amide bonds. The Morgan fingerprint density at radius 2 is 2.31 bits per heavy atom. The molecule has 0 unspecified atom stereocenters. The summed E-state index contributed by atoms with van der Waals surface area (Å²) in [5.74, 6) is 0. The Bertz CT molecular complexity index is 423. The van der Waals surface area contributed by atoms with Crippen molar-refractivity contribution in [2.75, 3.05) is 6.54 Å². The van der Waals surface area contributed by atoms with Gasteiger partial charge in [-0.05, 0) is 18.5 Å². The van der Waals surface area contributed by atoms with Gasteiger partial charge < -0.3 is 5.73 Å². The van der Waals surface area contributed by atoms with E-state index < -0.39 is 0 Å². The molecule has 2 heterocycles. The minimum atomic E-state index is 0.569. The van der Waals surface area contributed by atoms with Crippen molar-refractivity contribution in [1.82, 2.24) is 14.6 Å². The first-order valence-electron chi connectivity index (χ1n) is 3.99. The van der Waals surface area contributed by atoms with Gasteiger partial charge in [0.15, 0.2) is 5.65 Å². The van der Waals surface area contributed by atoms with Gasteiger partial charge >= 0.3 is 0 Å². The number of nitrogens with two attached hydrogens (primary N) is 1. The molecule has 2 aromatic rings. The lowest BCUT2D eigenvalue weighted by Crippen LogP contribution is -2.04. The highest BCUT2D eigenvalue weighted by Gasteiger charge is 2.02.